The molecule has 1 aliphatic rings. The average molecular weight is 348 g/mol. The van der Waals surface area contributed by atoms with Gasteiger partial charge in [0.25, 0.3) is 0 Å². The summed E-state index contributed by atoms with van der Waals surface area (Å²) in [5, 5.41) is 5.99. The maximum atomic E-state index is 5.58. The molecule has 0 aromatic heterocycles. The highest BCUT2D eigenvalue weighted by Gasteiger charge is 2.11. The molecule has 1 fully saturated rings. The third-order valence-electron chi connectivity index (χ3n) is 4.93. The Morgan fingerprint density at radius 2 is 1.73 bits per heavy atom. The van der Waals surface area contributed by atoms with Crippen LogP contribution in [-0.4, -0.2) is 33.4 Å². The lowest BCUT2D eigenvalue weighted by Crippen LogP contribution is -2.36. The normalized spacial score (nSPS) is 14.4. The molecule has 1 aliphatic heterocycles. The van der Waals surface area contributed by atoms with Crippen LogP contribution in [0.15, 0.2) is 60.7 Å². The summed E-state index contributed by atoms with van der Waals surface area (Å²) in [5.74, 6) is 0.918. The van der Waals surface area contributed by atoms with Crippen molar-refractivity contribution in [2.45, 2.75) is 6.54 Å². The first-order valence-corrected chi connectivity index (χ1v) is 9.06. The molecule has 0 aliphatic carbocycles. The van der Waals surface area contributed by atoms with Gasteiger partial charge in [0.15, 0.2) is 0 Å². The number of ether oxygens (including phenoxy) is 2. The average Bonchev–Trinajstić information content (AvgIpc) is 2.73. The molecule has 0 bridgehead atoms. The minimum absolute atomic E-state index is 0.724. The minimum atomic E-state index is 0.724. The van der Waals surface area contributed by atoms with E-state index in [1.54, 1.807) is 7.11 Å². The summed E-state index contributed by atoms with van der Waals surface area (Å²) in [6, 6.07) is 21.2. The highest BCUT2D eigenvalue weighted by Crippen LogP contribution is 2.29. The molecular weight excluding hydrogens is 324 g/mol. The van der Waals surface area contributed by atoms with Gasteiger partial charge in [0.2, 0.25) is 0 Å². The number of morpholine rings is 1. The van der Waals surface area contributed by atoms with Gasteiger partial charge in [-0.3, -0.25) is 0 Å². The summed E-state index contributed by atoms with van der Waals surface area (Å²) in [6.45, 7) is 4.25. The molecule has 0 atom stereocenters. The van der Waals surface area contributed by atoms with E-state index in [9.17, 15) is 0 Å². The number of hydrogen-bond acceptors (Lipinski definition) is 4. The van der Waals surface area contributed by atoms with Gasteiger partial charge in [-0.1, -0.05) is 30.3 Å². The van der Waals surface area contributed by atoms with Crippen LogP contribution in [0.2, 0.25) is 0 Å². The van der Waals surface area contributed by atoms with E-state index in [0.717, 1.165) is 44.3 Å². The first kappa shape index (κ1) is 16.7. The molecule has 3 aromatic rings. The quantitative estimate of drug-likeness (QED) is 0.745. The van der Waals surface area contributed by atoms with Crippen molar-refractivity contribution >= 4 is 22.1 Å². The van der Waals surface area contributed by atoms with Crippen molar-refractivity contribution in [2.75, 3.05) is 43.6 Å². The Bertz CT molecular complexity index is 871. The molecule has 1 heterocycles. The van der Waals surface area contributed by atoms with E-state index in [-0.39, 0.29) is 0 Å². The van der Waals surface area contributed by atoms with Crippen LogP contribution in [0.5, 0.6) is 5.75 Å². The van der Waals surface area contributed by atoms with Crippen molar-refractivity contribution in [2.24, 2.45) is 0 Å². The van der Waals surface area contributed by atoms with Gasteiger partial charge in [0, 0.05) is 36.6 Å². The largest absolute Gasteiger partial charge is 0.496 e. The number of nitrogens with zero attached hydrogens (tertiary/aromatic N) is 1. The Kier molecular flexibility index (Phi) is 4.93. The van der Waals surface area contributed by atoms with Crippen LogP contribution < -0.4 is 15.0 Å². The highest BCUT2D eigenvalue weighted by molar-refractivity contribution is 5.88. The second kappa shape index (κ2) is 7.67. The molecule has 0 spiro atoms. The zero-order valence-electron chi connectivity index (χ0n) is 15.1. The lowest BCUT2D eigenvalue weighted by molar-refractivity contribution is 0.122. The smallest absolute Gasteiger partial charge is 0.124 e. The maximum Gasteiger partial charge on any atom is 0.124 e. The number of anilines is 2. The number of benzene rings is 3. The summed E-state index contributed by atoms with van der Waals surface area (Å²) < 4.78 is 11.0. The van der Waals surface area contributed by atoms with Gasteiger partial charge in [-0.25, -0.2) is 0 Å². The topological polar surface area (TPSA) is 33.7 Å². The second-order valence-electron chi connectivity index (χ2n) is 6.47. The number of fused-ring (bicyclic) bond motifs is 1. The zero-order chi connectivity index (χ0) is 17.8. The zero-order valence-corrected chi connectivity index (χ0v) is 15.1. The Labute approximate surface area is 154 Å². The van der Waals surface area contributed by atoms with E-state index in [2.05, 4.69) is 64.8 Å². The first-order valence-electron chi connectivity index (χ1n) is 9.06. The number of nitrogens with one attached hydrogen (secondary N) is 1. The van der Waals surface area contributed by atoms with E-state index >= 15 is 0 Å². The molecule has 0 saturated carbocycles. The van der Waals surface area contributed by atoms with E-state index in [4.69, 9.17) is 9.47 Å². The van der Waals surface area contributed by atoms with Crippen LogP contribution in [0.3, 0.4) is 0 Å². The third kappa shape index (κ3) is 3.46. The first-order chi connectivity index (χ1) is 12.8. The summed E-state index contributed by atoms with van der Waals surface area (Å²) in [7, 11) is 1.73. The molecular formula is C22H24N2O2. The van der Waals surface area contributed by atoms with Gasteiger partial charge < -0.3 is 19.7 Å². The molecule has 0 radical (unpaired) electrons. The van der Waals surface area contributed by atoms with E-state index in [1.165, 1.54) is 22.0 Å². The number of methoxy groups -OCH3 is 1. The van der Waals surface area contributed by atoms with Gasteiger partial charge in [0.05, 0.1) is 20.3 Å². The van der Waals surface area contributed by atoms with Crippen LogP contribution in [-0.2, 0) is 11.3 Å². The van der Waals surface area contributed by atoms with Gasteiger partial charge in [-0.2, -0.15) is 0 Å². The lowest BCUT2D eigenvalue weighted by Gasteiger charge is -2.29. The van der Waals surface area contributed by atoms with E-state index in [0.29, 0.717) is 0 Å². The van der Waals surface area contributed by atoms with Gasteiger partial charge >= 0.3 is 0 Å². The van der Waals surface area contributed by atoms with Crippen molar-refractivity contribution in [3.05, 3.63) is 66.2 Å². The van der Waals surface area contributed by atoms with E-state index in [1.807, 2.05) is 6.07 Å². The molecule has 1 N–H and O–H groups in total. The minimum Gasteiger partial charge on any atom is -0.496 e. The van der Waals surface area contributed by atoms with Crippen LogP contribution in [0.1, 0.15) is 5.56 Å². The molecule has 134 valence electrons. The predicted molar refractivity (Wildman–Crippen MR) is 107 cm³/mol. The fourth-order valence-electron chi connectivity index (χ4n) is 3.49. The Morgan fingerprint density at radius 3 is 2.50 bits per heavy atom. The van der Waals surface area contributed by atoms with Gasteiger partial charge in [-0.15, -0.1) is 0 Å². The summed E-state index contributed by atoms with van der Waals surface area (Å²) in [6.07, 6.45) is 0. The molecule has 0 unspecified atom stereocenters. The second-order valence-corrected chi connectivity index (χ2v) is 6.47. The van der Waals surface area contributed by atoms with Crippen molar-refractivity contribution in [1.82, 2.24) is 0 Å². The SMILES string of the molecule is COc1ccc2ccccc2c1CNc1ccc(N2CCOCC2)cc1. The summed E-state index contributed by atoms with van der Waals surface area (Å²) in [5.41, 5.74) is 3.54. The van der Waals surface area contributed by atoms with Crippen LogP contribution in [0.25, 0.3) is 10.8 Å². The highest BCUT2D eigenvalue weighted by atomic mass is 16.5. The van der Waals surface area contributed by atoms with Crippen molar-refractivity contribution in [1.29, 1.82) is 0 Å². The van der Waals surface area contributed by atoms with Crippen LogP contribution in [0.4, 0.5) is 11.4 Å². The van der Waals surface area contributed by atoms with Crippen molar-refractivity contribution < 1.29 is 9.47 Å². The molecule has 1 saturated heterocycles. The van der Waals surface area contributed by atoms with Gasteiger partial charge in [0.1, 0.15) is 5.75 Å². The molecule has 4 heteroatoms. The number of hydrogen-bond donors (Lipinski definition) is 1. The summed E-state index contributed by atoms with van der Waals surface area (Å²) in [4.78, 5) is 2.36. The molecule has 4 rings (SSSR count). The third-order valence-corrected chi connectivity index (χ3v) is 4.93. The number of rotatable bonds is 5. The van der Waals surface area contributed by atoms with Gasteiger partial charge in [-0.05, 0) is 41.1 Å². The Hall–Kier alpha value is -2.72. The Morgan fingerprint density at radius 1 is 0.962 bits per heavy atom. The van der Waals surface area contributed by atoms with E-state index < -0.39 is 0 Å². The summed E-state index contributed by atoms with van der Waals surface area (Å²) >= 11 is 0. The molecule has 3 aromatic carbocycles. The maximum absolute atomic E-state index is 5.58. The lowest BCUT2D eigenvalue weighted by atomic mass is 10.0. The Balaban J connectivity index is 1.51. The predicted octanol–water partition coefficient (Wildman–Crippen LogP) is 4.30. The molecule has 0 amide bonds. The molecule has 4 nitrogen and oxygen atoms in total. The van der Waals surface area contributed by atoms with Crippen LogP contribution in [0, 0.1) is 0 Å². The molecule has 26 heavy (non-hydrogen) atoms. The van der Waals surface area contributed by atoms with Crippen molar-refractivity contribution in [3.8, 4) is 5.75 Å². The fourth-order valence-corrected chi connectivity index (χ4v) is 3.49. The van der Waals surface area contributed by atoms with Crippen molar-refractivity contribution in [3.63, 3.8) is 0 Å². The van der Waals surface area contributed by atoms with Crippen LogP contribution >= 0.6 is 0 Å². The fraction of sp³-hybridized carbons (Fsp3) is 0.273. The monoisotopic (exact) mass is 348 g/mol. The standard InChI is InChI=1S/C22H24N2O2/c1-25-22-11-6-17-4-2-3-5-20(17)21(22)16-23-18-7-9-19(10-8-18)24-12-14-26-15-13-24/h2-11,23H,12-16H2,1H3.